The minimum absolute atomic E-state index is 0.0874. The van der Waals surface area contributed by atoms with Crippen molar-refractivity contribution in [2.75, 3.05) is 13.6 Å². The maximum Gasteiger partial charge on any atom is 0.387 e. The molecular weight excluding hydrogens is 242 g/mol. The van der Waals surface area contributed by atoms with Crippen molar-refractivity contribution in [2.45, 2.75) is 13.5 Å². The molecule has 0 saturated heterocycles. The first-order valence-corrected chi connectivity index (χ1v) is 5.36. The van der Waals surface area contributed by atoms with Crippen molar-refractivity contribution >= 4 is 11.7 Å². The number of amidine groups is 1. The maximum absolute atomic E-state index is 12.1. The van der Waals surface area contributed by atoms with Crippen molar-refractivity contribution in [1.82, 2.24) is 4.90 Å². The third-order valence-electron chi connectivity index (χ3n) is 2.71. The van der Waals surface area contributed by atoms with Gasteiger partial charge in [-0.15, -0.1) is 0 Å². The Kier molecular flexibility index (Phi) is 3.27. The van der Waals surface area contributed by atoms with Crippen molar-refractivity contribution in [3.8, 4) is 5.75 Å². The van der Waals surface area contributed by atoms with Crippen LogP contribution in [-0.2, 0) is 4.79 Å². The number of likely N-dealkylation sites (N-methyl/N-ethyl adjacent to an activating group) is 1. The number of carbonyl (C=O) groups excluding carboxylic acids is 1. The zero-order valence-electron chi connectivity index (χ0n) is 9.98. The number of ether oxygens (including phenoxy) is 1. The van der Waals surface area contributed by atoms with Crippen molar-refractivity contribution in [3.05, 3.63) is 29.3 Å². The second kappa shape index (κ2) is 4.72. The molecule has 1 aromatic carbocycles. The number of nitrogens with zero attached hydrogens (tertiary/aromatic N) is 2. The fraction of sp³-hybridized carbons (Fsp3) is 0.333. The van der Waals surface area contributed by atoms with Gasteiger partial charge in [0.2, 0.25) is 5.91 Å². The molecule has 0 bridgehead atoms. The third kappa shape index (κ3) is 2.32. The van der Waals surface area contributed by atoms with Gasteiger partial charge in [-0.2, -0.15) is 8.78 Å². The summed E-state index contributed by atoms with van der Waals surface area (Å²) in [7, 11) is 1.63. The van der Waals surface area contributed by atoms with Crippen molar-refractivity contribution in [3.63, 3.8) is 0 Å². The first kappa shape index (κ1) is 12.5. The highest BCUT2D eigenvalue weighted by Crippen LogP contribution is 2.22. The van der Waals surface area contributed by atoms with E-state index in [2.05, 4.69) is 9.73 Å². The Balaban J connectivity index is 2.27. The van der Waals surface area contributed by atoms with Gasteiger partial charge < -0.3 is 4.74 Å². The fourth-order valence-electron chi connectivity index (χ4n) is 1.77. The minimum Gasteiger partial charge on any atom is -0.435 e. The number of halogens is 2. The van der Waals surface area contributed by atoms with Crippen LogP contribution in [0.2, 0.25) is 0 Å². The topological polar surface area (TPSA) is 41.9 Å². The van der Waals surface area contributed by atoms with Gasteiger partial charge >= 0.3 is 6.61 Å². The maximum atomic E-state index is 12.1. The molecule has 0 fully saturated rings. The van der Waals surface area contributed by atoms with Crippen LogP contribution in [0.5, 0.6) is 5.75 Å². The van der Waals surface area contributed by atoms with E-state index < -0.39 is 6.61 Å². The van der Waals surface area contributed by atoms with Gasteiger partial charge in [-0.1, -0.05) is 0 Å². The normalized spacial score (nSPS) is 15.3. The van der Waals surface area contributed by atoms with E-state index in [-0.39, 0.29) is 18.2 Å². The molecule has 0 unspecified atom stereocenters. The summed E-state index contributed by atoms with van der Waals surface area (Å²) in [5.74, 6) is 0.587. The molecule has 0 radical (unpaired) electrons. The summed E-state index contributed by atoms with van der Waals surface area (Å²) in [4.78, 5) is 16.9. The Labute approximate surface area is 103 Å². The van der Waals surface area contributed by atoms with Crippen LogP contribution in [0.3, 0.4) is 0 Å². The summed E-state index contributed by atoms with van der Waals surface area (Å²) in [5, 5.41) is 0. The van der Waals surface area contributed by atoms with E-state index >= 15 is 0 Å². The minimum atomic E-state index is -2.84. The number of aliphatic imine (C=N–C) groups is 1. The molecule has 2 rings (SSSR count). The molecule has 96 valence electrons. The Morgan fingerprint density at radius 2 is 2.17 bits per heavy atom. The van der Waals surface area contributed by atoms with Crippen molar-refractivity contribution in [1.29, 1.82) is 0 Å². The predicted molar refractivity (Wildman–Crippen MR) is 62.0 cm³/mol. The summed E-state index contributed by atoms with van der Waals surface area (Å²) in [6, 6.07) is 4.74. The molecule has 18 heavy (non-hydrogen) atoms. The molecule has 1 amide bonds. The number of rotatable bonds is 3. The van der Waals surface area contributed by atoms with Crippen LogP contribution >= 0.6 is 0 Å². The highest BCUT2D eigenvalue weighted by molar-refractivity contribution is 6.12. The Hall–Kier alpha value is -1.98. The lowest BCUT2D eigenvalue weighted by Crippen LogP contribution is -2.28. The highest BCUT2D eigenvalue weighted by Gasteiger charge is 2.23. The lowest BCUT2D eigenvalue weighted by molar-refractivity contribution is -0.123. The molecular formula is C12H12F2N2O2. The van der Waals surface area contributed by atoms with Crippen molar-refractivity contribution in [2.24, 2.45) is 4.99 Å². The van der Waals surface area contributed by atoms with E-state index in [1.165, 1.54) is 11.0 Å². The van der Waals surface area contributed by atoms with Crippen LogP contribution in [0, 0.1) is 6.92 Å². The molecule has 4 nitrogen and oxygen atoms in total. The van der Waals surface area contributed by atoms with Gasteiger partial charge in [0.15, 0.2) is 0 Å². The summed E-state index contributed by atoms with van der Waals surface area (Å²) in [6.45, 7) is -1.05. The van der Waals surface area contributed by atoms with Gasteiger partial charge in [-0.3, -0.25) is 14.7 Å². The third-order valence-corrected chi connectivity index (χ3v) is 2.71. The monoisotopic (exact) mass is 254 g/mol. The molecule has 0 spiro atoms. The molecule has 1 heterocycles. The summed E-state index contributed by atoms with van der Waals surface area (Å²) in [6.07, 6.45) is 0. The van der Waals surface area contributed by atoms with Crippen LogP contribution in [0.25, 0.3) is 0 Å². The van der Waals surface area contributed by atoms with Gasteiger partial charge in [-0.25, -0.2) is 0 Å². The average Bonchev–Trinajstić information content (AvgIpc) is 2.62. The average molecular weight is 254 g/mol. The van der Waals surface area contributed by atoms with E-state index in [1.807, 2.05) is 0 Å². The van der Waals surface area contributed by atoms with Crippen LogP contribution < -0.4 is 4.74 Å². The quantitative estimate of drug-likeness (QED) is 0.825. The van der Waals surface area contributed by atoms with Gasteiger partial charge in [0.1, 0.15) is 18.1 Å². The van der Waals surface area contributed by atoms with Crippen LogP contribution in [-0.4, -0.2) is 36.8 Å². The SMILES string of the molecule is Cc1cc(C2=NCC(=O)N2C)ccc1OC(F)F. The van der Waals surface area contributed by atoms with Gasteiger partial charge in [-0.05, 0) is 30.7 Å². The first-order valence-electron chi connectivity index (χ1n) is 5.36. The number of aryl methyl sites for hydroxylation is 1. The molecule has 1 aliphatic heterocycles. The second-order valence-corrected chi connectivity index (χ2v) is 3.95. The van der Waals surface area contributed by atoms with Crippen LogP contribution in [0.1, 0.15) is 11.1 Å². The Bertz CT molecular complexity index is 515. The zero-order chi connectivity index (χ0) is 13.3. The number of hydrogen-bond donors (Lipinski definition) is 0. The predicted octanol–water partition coefficient (Wildman–Crippen LogP) is 1.82. The summed E-state index contributed by atoms with van der Waals surface area (Å²) in [5.41, 5.74) is 1.28. The van der Waals surface area contributed by atoms with E-state index in [0.29, 0.717) is 17.0 Å². The lowest BCUT2D eigenvalue weighted by atomic mass is 10.1. The summed E-state index contributed by atoms with van der Waals surface area (Å²) >= 11 is 0. The largest absolute Gasteiger partial charge is 0.435 e. The van der Waals surface area contributed by atoms with Gasteiger partial charge in [0.05, 0.1) is 0 Å². The number of hydrogen-bond acceptors (Lipinski definition) is 3. The smallest absolute Gasteiger partial charge is 0.387 e. The standard InChI is InChI=1S/C12H12F2N2O2/c1-7-5-8(3-4-9(7)18-12(13)14)11-15-6-10(17)16(11)2/h3-5,12H,6H2,1-2H3. The second-order valence-electron chi connectivity index (χ2n) is 3.95. The number of benzene rings is 1. The molecule has 0 saturated carbocycles. The molecule has 1 aromatic rings. The molecule has 0 atom stereocenters. The van der Waals surface area contributed by atoms with E-state index in [4.69, 9.17) is 0 Å². The Morgan fingerprint density at radius 1 is 1.44 bits per heavy atom. The van der Waals surface area contributed by atoms with Crippen molar-refractivity contribution < 1.29 is 18.3 Å². The first-order chi connectivity index (χ1) is 8.49. The highest BCUT2D eigenvalue weighted by atomic mass is 19.3. The summed E-state index contributed by atoms with van der Waals surface area (Å²) < 4.78 is 28.6. The zero-order valence-corrected chi connectivity index (χ0v) is 9.98. The van der Waals surface area contributed by atoms with E-state index in [1.54, 1.807) is 26.1 Å². The van der Waals surface area contributed by atoms with Gasteiger partial charge in [0.25, 0.3) is 0 Å². The molecule has 0 aliphatic carbocycles. The van der Waals surface area contributed by atoms with E-state index in [9.17, 15) is 13.6 Å². The molecule has 1 aliphatic rings. The lowest BCUT2D eigenvalue weighted by Gasteiger charge is -2.14. The van der Waals surface area contributed by atoms with Gasteiger partial charge in [0, 0.05) is 12.6 Å². The number of alkyl halides is 2. The number of carbonyl (C=O) groups is 1. The van der Waals surface area contributed by atoms with Crippen LogP contribution in [0.4, 0.5) is 8.78 Å². The molecule has 0 aromatic heterocycles. The van der Waals surface area contributed by atoms with Crippen LogP contribution in [0.15, 0.2) is 23.2 Å². The number of amides is 1. The Morgan fingerprint density at radius 3 is 2.67 bits per heavy atom. The van der Waals surface area contributed by atoms with E-state index in [0.717, 1.165) is 0 Å². The molecule has 0 N–H and O–H groups in total. The fourth-order valence-corrected chi connectivity index (χ4v) is 1.77. The molecule has 6 heteroatoms.